The monoisotopic (exact) mass is 365 g/mol. The van der Waals surface area contributed by atoms with E-state index in [1.165, 1.54) is 16.3 Å². The quantitative estimate of drug-likeness (QED) is 0.465. The Balaban J connectivity index is 2.29. The van der Waals surface area contributed by atoms with Crippen LogP contribution >= 0.6 is 23.4 Å². The van der Waals surface area contributed by atoms with Crippen molar-refractivity contribution < 1.29 is 4.79 Å². The first-order valence-corrected chi connectivity index (χ1v) is 8.99. The molecule has 0 saturated carbocycles. The Bertz CT molecular complexity index is 817. The lowest BCUT2D eigenvalue weighted by Gasteiger charge is -2.12. The summed E-state index contributed by atoms with van der Waals surface area (Å²) in [5.41, 5.74) is 0.377. The molecule has 0 radical (unpaired) electrons. The molecule has 1 N–H and O–H groups in total. The average molecular weight is 366 g/mol. The molecule has 0 saturated heterocycles. The maximum absolute atomic E-state index is 12.7. The number of rotatable bonds is 7. The van der Waals surface area contributed by atoms with Crippen LogP contribution in [0.1, 0.15) is 13.8 Å². The Morgan fingerprint density at radius 3 is 2.92 bits per heavy atom. The highest BCUT2D eigenvalue weighted by atomic mass is 35.5. The van der Waals surface area contributed by atoms with E-state index in [2.05, 4.69) is 16.9 Å². The summed E-state index contributed by atoms with van der Waals surface area (Å²) in [5, 5.41) is 4.29. The van der Waals surface area contributed by atoms with Crippen molar-refractivity contribution in [3.63, 3.8) is 0 Å². The van der Waals surface area contributed by atoms with E-state index < -0.39 is 0 Å². The number of amides is 1. The number of benzene rings is 1. The van der Waals surface area contributed by atoms with Gasteiger partial charge in [-0.25, -0.2) is 4.98 Å². The van der Waals surface area contributed by atoms with E-state index in [4.69, 9.17) is 11.6 Å². The molecule has 0 bridgehead atoms. The van der Waals surface area contributed by atoms with Crippen LogP contribution in [0, 0.1) is 5.92 Å². The van der Waals surface area contributed by atoms with Crippen LogP contribution in [0.25, 0.3) is 10.9 Å². The van der Waals surface area contributed by atoms with E-state index >= 15 is 0 Å². The minimum absolute atomic E-state index is 0.0793. The van der Waals surface area contributed by atoms with Crippen LogP contribution < -0.4 is 10.9 Å². The molecule has 128 valence electrons. The van der Waals surface area contributed by atoms with Crippen molar-refractivity contribution in [2.75, 3.05) is 12.3 Å². The van der Waals surface area contributed by atoms with Gasteiger partial charge >= 0.3 is 0 Å². The number of nitrogens with one attached hydrogen (secondary N) is 1. The number of fused-ring (bicyclic) bond motifs is 1. The fraction of sp³-hybridized carbons (Fsp3) is 0.353. The predicted octanol–water partition coefficient (Wildman–Crippen LogP) is 3.10. The zero-order chi connectivity index (χ0) is 17.7. The number of hydrogen-bond acceptors (Lipinski definition) is 4. The topological polar surface area (TPSA) is 64.0 Å². The summed E-state index contributed by atoms with van der Waals surface area (Å²) in [6.45, 7) is 8.69. The third-order valence-corrected chi connectivity index (χ3v) is 4.44. The fourth-order valence-electron chi connectivity index (χ4n) is 2.07. The molecule has 0 aliphatic heterocycles. The molecule has 0 aliphatic rings. The molecule has 1 aromatic carbocycles. The van der Waals surface area contributed by atoms with Crippen LogP contribution in [0.15, 0.2) is 40.8 Å². The lowest BCUT2D eigenvalue weighted by atomic mass is 10.2. The van der Waals surface area contributed by atoms with Gasteiger partial charge in [0, 0.05) is 18.1 Å². The standard InChI is InChI=1S/C17H20ClN3O2S/c1-4-7-21-16(23)13-8-12(18)5-6-14(13)20-17(21)24-10-15(22)19-9-11(2)3/h4-6,8,11H,1,7,9-10H2,2-3H3,(H,19,22). The van der Waals surface area contributed by atoms with Crippen LogP contribution in [0.4, 0.5) is 0 Å². The van der Waals surface area contributed by atoms with Gasteiger partial charge in [0.2, 0.25) is 5.91 Å². The van der Waals surface area contributed by atoms with Crippen LogP contribution in [-0.4, -0.2) is 27.8 Å². The van der Waals surface area contributed by atoms with Crippen molar-refractivity contribution in [1.82, 2.24) is 14.9 Å². The van der Waals surface area contributed by atoms with Crippen LogP contribution in [0.3, 0.4) is 0 Å². The zero-order valence-corrected chi connectivity index (χ0v) is 15.3. The SMILES string of the molecule is C=CCn1c(SCC(=O)NCC(C)C)nc2ccc(Cl)cc2c1=O. The van der Waals surface area contributed by atoms with E-state index in [0.717, 1.165) is 0 Å². The first kappa shape index (κ1) is 18.5. The van der Waals surface area contributed by atoms with Gasteiger partial charge in [-0.1, -0.05) is 43.3 Å². The highest BCUT2D eigenvalue weighted by molar-refractivity contribution is 7.99. The van der Waals surface area contributed by atoms with E-state index in [1.54, 1.807) is 24.3 Å². The molecule has 5 nitrogen and oxygen atoms in total. The Kier molecular flexibility index (Phi) is 6.45. The Morgan fingerprint density at radius 1 is 1.50 bits per heavy atom. The van der Waals surface area contributed by atoms with E-state index in [1.807, 2.05) is 13.8 Å². The van der Waals surface area contributed by atoms with Gasteiger partial charge in [0.25, 0.3) is 5.56 Å². The van der Waals surface area contributed by atoms with Gasteiger partial charge < -0.3 is 5.32 Å². The number of aromatic nitrogens is 2. The largest absolute Gasteiger partial charge is 0.355 e. The smallest absolute Gasteiger partial charge is 0.262 e. The summed E-state index contributed by atoms with van der Waals surface area (Å²) in [5.74, 6) is 0.515. The van der Waals surface area contributed by atoms with Gasteiger partial charge in [0.05, 0.1) is 16.7 Å². The Labute approximate surface area is 150 Å². The number of halogens is 1. The highest BCUT2D eigenvalue weighted by Crippen LogP contribution is 2.20. The van der Waals surface area contributed by atoms with Gasteiger partial charge in [-0.2, -0.15) is 0 Å². The molecule has 1 heterocycles. The van der Waals surface area contributed by atoms with E-state index in [0.29, 0.717) is 40.1 Å². The molecule has 2 aromatic rings. The summed E-state index contributed by atoms with van der Waals surface area (Å²) < 4.78 is 1.51. The lowest BCUT2D eigenvalue weighted by Crippen LogP contribution is -2.29. The molecule has 2 rings (SSSR count). The van der Waals surface area contributed by atoms with Crippen molar-refractivity contribution in [2.45, 2.75) is 25.5 Å². The molecule has 24 heavy (non-hydrogen) atoms. The predicted molar refractivity (Wildman–Crippen MR) is 99.8 cm³/mol. The second-order valence-electron chi connectivity index (χ2n) is 5.75. The minimum Gasteiger partial charge on any atom is -0.355 e. The molecule has 0 spiro atoms. The number of carbonyl (C=O) groups is 1. The summed E-state index contributed by atoms with van der Waals surface area (Å²) in [6.07, 6.45) is 1.63. The maximum atomic E-state index is 12.7. The molecular weight excluding hydrogens is 346 g/mol. The summed E-state index contributed by atoms with van der Waals surface area (Å²) in [6, 6.07) is 5.01. The number of nitrogens with zero attached hydrogens (tertiary/aromatic N) is 2. The zero-order valence-electron chi connectivity index (χ0n) is 13.7. The molecular formula is C17H20ClN3O2S. The summed E-state index contributed by atoms with van der Waals surface area (Å²) >= 11 is 7.21. The fourth-order valence-corrected chi connectivity index (χ4v) is 3.08. The number of thioether (sulfide) groups is 1. The van der Waals surface area contributed by atoms with Crippen molar-refractivity contribution in [3.05, 3.63) is 46.2 Å². The summed E-state index contributed by atoms with van der Waals surface area (Å²) in [4.78, 5) is 29.1. The van der Waals surface area contributed by atoms with Gasteiger partial charge in [-0.3, -0.25) is 14.2 Å². The average Bonchev–Trinajstić information content (AvgIpc) is 2.54. The van der Waals surface area contributed by atoms with Gasteiger partial charge in [-0.05, 0) is 24.1 Å². The first-order chi connectivity index (χ1) is 11.4. The first-order valence-electron chi connectivity index (χ1n) is 7.63. The second kappa shape index (κ2) is 8.35. The van der Waals surface area contributed by atoms with E-state index in [9.17, 15) is 9.59 Å². The minimum atomic E-state index is -0.188. The van der Waals surface area contributed by atoms with Crippen molar-refractivity contribution in [1.29, 1.82) is 0 Å². The second-order valence-corrected chi connectivity index (χ2v) is 7.13. The molecule has 7 heteroatoms. The maximum Gasteiger partial charge on any atom is 0.262 e. The Hall–Kier alpha value is -1.79. The van der Waals surface area contributed by atoms with Crippen LogP contribution in [-0.2, 0) is 11.3 Å². The van der Waals surface area contributed by atoms with Gasteiger partial charge in [-0.15, -0.1) is 6.58 Å². The normalized spacial score (nSPS) is 11.0. The lowest BCUT2D eigenvalue weighted by molar-refractivity contribution is -0.118. The number of hydrogen-bond donors (Lipinski definition) is 1. The van der Waals surface area contributed by atoms with Crippen LogP contribution in [0.5, 0.6) is 0 Å². The van der Waals surface area contributed by atoms with Gasteiger partial charge in [0.15, 0.2) is 5.16 Å². The van der Waals surface area contributed by atoms with Crippen molar-refractivity contribution >= 4 is 40.2 Å². The Morgan fingerprint density at radius 2 is 2.25 bits per heavy atom. The molecule has 1 amide bonds. The van der Waals surface area contributed by atoms with E-state index in [-0.39, 0.29) is 17.2 Å². The van der Waals surface area contributed by atoms with Crippen molar-refractivity contribution in [2.24, 2.45) is 5.92 Å². The van der Waals surface area contributed by atoms with Crippen molar-refractivity contribution in [3.8, 4) is 0 Å². The molecule has 0 unspecified atom stereocenters. The van der Waals surface area contributed by atoms with Crippen LogP contribution in [0.2, 0.25) is 5.02 Å². The number of allylic oxidation sites excluding steroid dienone is 1. The molecule has 0 fully saturated rings. The molecule has 0 atom stereocenters. The highest BCUT2D eigenvalue weighted by Gasteiger charge is 2.13. The number of carbonyl (C=O) groups excluding carboxylic acids is 1. The third-order valence-electron chi connectivity index (χ3n) is 3.23. The molecule has 1 aromatic heterocycles. The molecule has 0 aliphatic carbocycles. The van der Waals surface area contributed by atoms with Gasteiger partial charge in [0.1, 0.15) is 0 Å². The third kappa shape index (κ3) is 4.61. The summed E-state index contributed by atoms with van der Waals surface area (Å²) in [7, 11) is 0.